The van der Waals surface area contributed by atoms with E-state index in [0.717, 1.165) is 12.0 Å². The summed E-state index contributed by atoms with van der Waals surface area (Å²) in [6.45, 7) is 1.37. The van der Waals surface area contributed by atoms with Crippen LogP contribution in [0, 0.1) is 0 Å². The van der Waals surface area contributed by atoms with E-state index in [0.29, 0.717) is 25.6 Å². The van der Waals surface area contributed by atoms with Crippen molar-refractivity contribution in [1.82, 2.24) is 9.29 Å². The van der Waals surface area contributed by atoms with Crippen molar-refractivity contribution in [3.63, 3.8) is 0 Å². The summed E-state index contributed by atoms with van der Waals surface area (Å²) in [7, 11) is -3.26. The Balaban J connectivity index is 2.17. The van der Waals surface area contributed by atoms with E-state index < -0.39 is 10.0 Å². The number of ether oxygens (including phenoxy) is 1. The molecule has 0 spiro atoms. The van der Waals surface area contributed by atoms with E-state index in [1.807, 2.05) is 0 Å². The highest BCUT2D eigenvalue weighted by molar-refractivity contribution is 7.88. The second-order valence-corrected chi connectivity index (χ2v) is 6.35. The highest BCUT2D eigenvalue weighted by atomic mass is 32.2. The molecule has 1 aliphatic rings. The van der Waals surface area contributed by atoms with Crippen molar-refractivity contribution in [3.05, 3.63) is 23.9 Å². The van der Waals surface area contributed by atoms with E-state index in [2.05, 4.69) is 4.98 Å². The Morgan fingerprint density at radius 1 is 1.56 bits per heavy atom. The molecular formula is C11H17N3O3S. The molecule has 18 heavy (non-hydrogen) atoms. The largest absolute Gasteiger partial charge is 0.384 e. The molecule has 7 heteroatoms. The molecule has 1 unspecified atom stereocenters. The summed E-state index contributed by atoms with van der Waals surface area (Å²) >= 11 is 0. The standard InChI is InChI=1S/C11H17N3O3S/c1-18(15,16)14(10-4-5-17-8-10)7-9-2-3-11(12)13-6-9/h2-3,6,10H,4-5,7-8H2,1H3,(H2,12,13). The molecule has 0 amide bonds. The summed E-state index contributed by atoms with van der Waals surface area (Å²) in [6.07, 6.45) is 3.55. The van der Waals surface area contributed by atoms with Crippen LogP contribution in [0.1, 0.15) is 12.0 Å². The number of sulfonamides is 1. The predicted octanol–water partition coefficient (Wildman–Crippen LogP) is 0.214. The Morgan fingerprint density at radius 3 is 2.83 bits per heavy atom. The van der Waals surface area contributed by atoms with Crippen LogP contribution in [0.25, 0.3) is 0 Å². The molecule has 100 valence electrons. The van der Waals surface area contributed by atoms with Gasteiger partial charge >= 0.3 is 0 Å². The molecule has 1 saturated heterocycles. The molecule has 1 fully saturated rings. The van der Waals surface area contributed by atoms with Gasteiger partial charge in [0.25, 0.3) is 0 Å². The fourth-order valence-corrected chi connectivity index (χ4v) is 3.07. The molecule has 0 aliphatic carbocycles. The fourth-order valence-electron chi connectivity index (χ4n) is 1.98. The summed E-state index contributed by atoms with van der Waals surface area (Å²) in [6, 6.07) is 3.37. The molecule has 0 bridgehead atoms. The summed E-state index contributed by atoms with van der Waals surface area (Å²) in [5.41, 5.74) is 6.32. The average molecular weight is 271 g/mol. The number of nitrogen functional groups attached to an aromatic ring is 1. The van der Waals surface area contributed by atoms with E-state index in [1.54, 1.807) is 18.3 Å². The topological polar surface area (TPSA) is 85.5 Å². The van der Waals surface area contributed by atoms with Gasteiger partial charge in [-0.3, -0.25) is 0 Å². The first-order chi connectivity index (χ1) is 8.47. The molecule has 0 saturated carbocycles. The monoisotopic (exact) mass is 271 g/mol. The second kappa shape index (κ2) is 5.21. The van der Waals surface area contributed by atoms with Crippen molar-refractivity contribution in [2.24, 2.45) is 0 Å². The normalized spacial score (nSPS) is 20.4. The van der Waals surface area contributed by atoms with Crippen LogP contribution in [0.15, 0.2) is 18.3 Å². The van der Waals surface area contributed by atoms with Gasteiger partial charge in [0.15, 0.2) is 0 Å². The van der Waals surface area contributed by atoms with Gasteiger partial charge in [0.05, 0.1) is 18.9 Å². The van der Waals surface area contributed by atoms with Crippen LogP contribution in [-0.2, 0) is 21.3 Å². The molecule has 2 heterocycles. The van der Waals surface area contributed by atoms with Gasteiger partial charge in [0.2, 0.25) is 10.0 Å². The van der Waals surface area contributed by atoms with Crippen molar-refractivity contribution < 1.29 is 13.2 Å². The highest BCUT2D eigenvalue weighted by Crippen LogP contribution is 2.19. The Kier molecular flexibility index (Phi) is 3.84. The summed E-state index contributed by atoms with van der Waals surface area (Å²) < 4.78 is 30.3. The lowest BCUT2D eigenvalue weighted by molar-refractivity contribution is 0.175. The van der Waals surface area contributed by atoms with Crippen LogP contribution in [0.3, 0.4) is 0 Å². The van der Waals surface area contributed by atoms with Crippen LogP contribution in [0.2, 0.25) is 0 Å². The molecule has 1 aromatic rings. The molecule has 1 aromatic heterocycles. The Morgan fingerprint density at radius 2 is 2.33 bits per heavy atom. The Bertz CT molecular complexity index is 495. The second-order valence-electron chi connectivity index (χ2n) is 4.42. The van der Waals surface area contributed by atoms with Gasteiger partial charge in [-0.2, -0.15) is 4.31 Å². The molecule has 1 atom stereocenters. The van der Waals surface area contributed by atoms with E-state index in [9.17, 15) is 8.42 Å². The molecule has 1 aliphatic heterocycles. The number of nitrogens with two attached hydrogens (primary N) is 1. The molecule has 6 nitrogen and oxygen atoms in total. The minimum Gasteiger partial charge on any atom is -0.384 e. The lowest BCUT2D eigenvalue weighted by Crippen LogP contribution is -2.39. The quantitative estimate of drug-likeness (QED) is 0.846. The average Bonchev–Trinajstić information content (AvgIpc) is 2.80. The van der Waals surface area contributed by atoms with E-state index in [-0.39, 0.29) is 6.04 Å². The summed E-state index contributed by atoms with van der Waals surface area (Å²) in [5.74, 6) is 0.425. The number of rotatable bonds is 4. The van der Waals surface area contributed by atoms with Crippen molar-refractivity contribution in [2.75, 3.05) is 25.2 Å². The number of hydrogen-bond donors (Lipinski definition) is 1. The van der Waals surface area contributed by atoms with E-state index in [4.69, 9.17) is 10.5 Å². The number of nitrogens with zero attached hydrogens (tertiary/aromatic N) is 2. The minimum atomic E-state index is -3.26. The maximum atomic E-state index is 11.8. The molecule has 0 aromatic carbocycles. The zero-order valence-electron chi connectivity index (χ0n) is 10.2. The van der Waals surface area contributed by atoms with Gasteiger partial charge in [0.1, 0.15) is 5.82 Å². The molecule has 2 N–H and O–H groups in total. The van der Waals surface area contributed by atoms with Crippen molar-refractivity contribution in [3.8, 4) is 0 Å². The van der Waals surface area contributed by atoms with Crippen molar-refractivity contribution in [1.29, 1.82) is 0 Å². The van der Waals surface area contributed by atoms with E-state index >= 15 is 0 Å². The van der Waals surface area contributed by atoms with Crippen molar-refractivity contribution in [2.45, 2.75) is 19.0 Å². The van der Waals surface area contributed by atoms with Crippen molar-refractivity contribution >= 4 is 15.8 Å². The number of pyridine rings is 1. The van der Waals surface area contributed by atoms with E-state index in [1.165, 1.54) is 10.6 Å². The van der Waals surface area contributed by atoms with Gasteiger partial charge < -0.3 is 10.5 Å². The third-order valence-electron chi connectivity index (χ3n) is 2.92. The minimum absolute atomic E-state index is 0.0856. The van der Waals surface area contributed by atoms with Crippen LogP contribution in [-0.4, -0.2) is 43.2 Å². The first-order valence-corrected chi connectivity index (χ1v) is 7.56. The third-order valence-corrected chi connectivity index (χ3v) is 4.20. The SMILES string of the molecule is CS(=O)(=O)N(Cc1ccc(N)nc1)C1CCOC1. The zero-order valence-corrected chi connectivity index (χ0v) is 11.1. The zero-order chi connectivity index (χ0) is 13.2. The summed E-state index contributed by atoms with van der Waals surface area (Å²) in [4.78, 5) is 3.97. The Labute approximate surface area is 107 Å². The third kappa shape index (κ3) is 3.18. The molecular weight excluding hydrogens is 254 g/mol. The highest BCUT2D eigenvalue weighted by Gasteiger charge is 2.29. The van der Waals surface area contributed by atoms with Gasteiger partial charge in [-0.25, -0.2) is 13.4 Å². The first kappa shape index (κ1) is 13.3. The lowest BCUT2D eigenvalue weighted by atomic mass is 10.2. The number of anilines is 1. The summed E-state index contributed by atoms with van der Waals surface area (Å²) in [5, 5.41) is 0. The maximum Gasteiger partial charge on any atom is 0.211 e. The first-order valence-electron chi connectivity index (χ1n) is 5.72. The van der Waals surface area contributed by atoms with Gasteiger partial charge in [-0.15, -0.1) is 0 Å². The Hall–Kier alpha value is -1.18. The number of aromatic nitrogens is 1. The van der Waals surface area contributed by atoms with Gasteiger partial charge in [0, 0.05) is 19.3 Å². The smallest absolute Gasteiger partial charge is 0.211 e. The van der Waals surface area contributed by atoms with Crippen LogP contribution >= 0.6 is 0 Å². The van der Waals surface area contributed by atoms with Gasteiger partial charge in [-0.05, 0) is 18.1 Å². The fraction of sp³-hybridized carbons (Fsp3) is 0.545. The van der Waals surface area contributed by atoms with Crippen LogP contribution in [0.5, 0.6) is 0 Å². The molecule has 0 radical (unpaired) electrons. The number of hydrogen-bond acceptors (Lipinski definition) is 5. The van der Waals surface area contributed by atoms with Crippen LogP contribution in [0.4, 0.5) is 5.82 Å². The predicted molar refractivity (Wildman–Crippen MR) is 68.3 cm³/mol. The lowest BCUT2D eigenvalue weighted by Gasteiger charge is -2.25. The molecule has 2 rings (SSSR count). The maximum absolute atomic E-state index is 11.8. The van der Waals surface area contributed by atoms with Gasteiger partial charge in [-0.1, -0.05) is 6.07 Å². The van der Waals surface area contributed by atoms with Crippen LogP contribution < -0.4 is 5.73 Å².